The number of hydrogen-bond acceptors (Lipinski definition) is 8. The third kappa shape index (κ3) is 5.28. The van der Waals surface area contributed by atoms with Gasteiger partial charge >= 0.3 is 0 Å². The molecule has 0 radical (unpaired) electrons. The van der Waals surface area contributed by atoms with Crippen LogP contribution < -0.4 is 21.2 Å². The minimum Gasteiger partial charge on any atom is -0.490 e. The highest BCUT2D eigenvalue weighted by Gasteiger charge is 2.27. The van der Waals surface area contributed by atoms with Crippen LogP contribution in [0.25, 0.3) is 11.2 Å². The number of fused-ring (bicyclic) bond motifs is 1. The monoisotopic (exact) mass is 552 g/mol. The topological polar surface area (TPSA) is 94.3 Å². The van der Waals surface area contributed by atoms with Gasteiger partial charge in [0, 0.05) is 37.5 Å². The Morgan fingerprint density at radius 3 is 2.69 bits per heavy atom. The SMILES string of the molecule is Cl.Cl.O=c1cnc2ccc(=O)n3c2n1CCC3CN1CCC(NCc2cc3c(cn2)OCCS3)CC1. The molecule has 0 spiro atoms. The molecule has 12 heteroatoms. The van der Waals surface area contributed by atoms with Gasteiger partial charge in [-0.2, -0.15) is 0 Å². The highest BCUT2D eigenvalue weighted by Crippen LogP contribution is 2.32. The van der Waals surface area contributed by atoms with Crippen LogP contribution in [0.2, 0.25) is 0 Å². The van der Waals surface area contributed by atoms with E-state index < -0.39 is 0 Å². The largest absolute Gasteiger partial charge is 0.490 e. The van der Waals surface area contributed by atoms with E-state index in [9.17, 15) is 9.59 Å². The van der Waals surface area contributed by atoms with Crippen molar-refractivity contribution in [3.63, 3.8) is 0 Å². The van der Waals surface area contributed by atoms with Gasteiger partial charge in [0.05, 0.1) is 35.6 Å². The first-order valence-corrected chi connectivity index (χ1v) is 13.0. The smallest absolute Gasteiger partial charge is 0.270 e. The number of aryl methyl sites for hydroxylation is 1. The number of aromatic nitrogens is 4. The van der Waals surface area contributed by atoms with Crippen LogP contribution in [0, 0.1) is 0 Å². The zero-order valence-electron chi connectivity index (χ0n) is 19.8. The van der Waals surface area contributed by atoms with E-state index in [4.69, 9.17) is 4.74 Å². The number of likely N-dealkylation sites (tertiary alicyclic amines) is 1. The molecule has 0 aliphatic carbocycles. The molecule has 1 saturated heterocycles. The normalized spacial score (nSPS) is 19.6. The van der Waals surface area contributed by atoms with Crippen LogP contribution in [0.5, 0.6) is 5.75 Å². The van der Waals surface area contributed by atoms with Gasteiger partial charge in [-0.3, -0.25) is 23.7 Å². The maximum atomic E-state index is 12.8. The lowest BCUT2D eigenvalue weighted by atomic mass is 10.0. The molecule has 3 aliphatic rings. The molecule has 1 N–H and O–H groups in total. The minimum atomic E-state index is -0.142. The fourth-order valence-corrected chi connectivity index (χ4v) is 6.16. The van der Waals surface area contributed by atoms with Crippen LogP contribution in [0.15, 0.2) is 45.1 Å². The van der Waals surface area contributed by atoms with Gasteiger partial charge in [-0.05, 0) is 44.5 Å². The number of pyridine rings is 2. The zero-order valence-corrected chi connectivity index (χ0v) is 22.2. The molecule has 194 valence electrons. The number of nitrogens with zero attached hydrogens (tertiary/aromatic N) is 5. The molecular formula is C24H30Cl2N6O3S. The Labute approximate surface area is 225 Å². The molecule has 36 heavy (non-hydrogen) atoms. The maximum absolute atomic E-state index is 12.8. The van der Waals surface area contributed by atoms with E-state index in [1.807, 2.05) is 18.0 Å². The fourth-order valence-electron chi connectivity index (χ4n) is 5.30. The Balaban J connectivity index is 0.00000152. The summed E-state index contributed by atoms with van der Waals surface area (Å²) in [5.74, 6) is 1.89. The molecule has 0 amide bonds. The third-order valence-corrected chi connectivity index (χ3v) is 8.08. The molecule has 3 aliphatic heterocycles. The van der Waals surface area contributed by atoms with Crippen molar-refractivity contribution in [3.05, 3.63) is 57.0 Å². The van der Waals surface area contributed by atoms with E-state index in [1.54, 1.807) is 21.3 Å². The Bertz CT molecular complexity index is 1340. The Morgan fingerprint density at radius 2 is 1.86 bits per heavy atom. The Hall–Kier alpha value is -2.11. The van der Waals surface area contributed by atoms with Crippen molar-refractivity contribution in [2.45, 2.75) is 49.3 Å². The van der Waals surface area contributed by atoms with Crippen molar-refractivity contribution in [2.75, 3.05) is 32.0 Å². The highest BCUT2D eigenvalue weighted by atomic mass is 35.5. The van der Waals surface area contributed by atoms with Gasteiger partial charge in [-0.1, -0.05) is 0 Å². The summed E-state index contributed by atoms with van der Waals surface area (Å²) in [6.45, 7) is 4.93. The van der Waals surface area contributed by atoms with Crippen molar-refractivity contribution in [1.29, 1.82) is 0 Å². The van der Waals surface area contributed by atoms with Crippen molar-refractivity contribution < 1.29 is 4.74 Å². The molecule has 9 nitrogen and oxygen atoms in total. The van der Waals surface area contributed by atoms with Gasteiger partial charge in [0.15, 0.2) is 5.75 Å². The van der Waals surface area contributed by atoms with Gasteiger partial charge in [0.2, 0.25) is 0 Å². The average molecular weight is 554 g/mol. The molecule has 0 aromatic carbocycles. The summed E-state index contributed by atoms with van der Waals surface area (Å²) in [6.07, 6.45) is 6.09. The summed E-state index contributed by atoms with van der Waals surface area (Å²) in [5, 5.41) is 3.67. The first-order valence-electron chi connectivity index (χ1n) is 12.0. The van der Waals surface area contributed by atoms with Crippen molar-refractivity contribution in [1.82, 2.24) is 29.3 Å². The van der Waals surface area contributed by atoms with Crippen molar-refractivity contribution >= 4 is 47.7 Å². The molecule has 1 unspecified atom stereocenters. The van der Waals surface area contributed by atoms with E-state index in [-0.39, 0.29) is 42.0 Å². The summed E-state index contributed by atoms with van der Waals surface area (Å²) in [7, 11) is 0. The van der Waals surface area contributed by atoms with Crippen LogP contribution in [0.3, 0.4) is 0 Å². The van der Waals surface area contributed by atoms with Crippen molar-refractivity contribution in [2.24, 2.45) is 0 Å². The molecule has 0 saturated carbocycles. The number of piperidine rings is 1. The predicted octanol–water partition coefficient (Wildman–Crippen LogP) is 2.48. The van der Waals surface area contributed by atoms with Crippen LogP contribution in [-0.2, 0) is 13.1 Å². The quantitative estimate of drug-likeness (QED) is 0.515. The molecule has 3 aromatic heterocycles. The fraction of sp³-hybridized carbons (Fsp3) is 0.500. The molecule has 3 aromatic rings. The summed E-state index contributed by atoms with van der Waals surface area (Å²) in [5.41, 5.74) is 2.21. The summed E-state index contributed by atoms with van der Waals surface area (Å²) >= 11 is 1.83. The lowest BCUT2D eigenvalue weighted by Gasteiger charge is -2.36. The molecule has 0 bridgehead atoms. The number of hydrogen-bond donors (Lipinski definition) is 1. The second-order valence-electron chi connectivity index (χ2n) is 9.22. The van der Waals surface area contributed by atoms with Gasteiger partial charge in [0.1, 0.15) is 11.2 Å². The number of thioether (sulfide) groups is 1. The minimum absolute atomic E-state index is 0. The van der Waals surface area contributed by atoms with Gasteiger partial charge < -0.3 is 15.0 Å². The van der Waals surface area contributed by atoms with E-state index in [1.165, 1.54) is 11.1 Å². The van der Waals surface area contributed by atoms with Crippen LogP contribution >= 0.6 is 36.6 Å². The van der Waals surface area contributed by atoms with Crippen LogP contribution in [0.4, 0.5) is 0 Å². The second kappa shape index (κ2) is 11.5. The summed E-state index contributed by atoms with van der Waals surface area (Å²) in [6, 6.07) is 5.94. The van der Waals surface area contributed by atoms with E-state index >= 15 is 0 Å². The van der Waals surface area contributed by atoms with E-state index in [0.717, 1.165) is 69.2 Å². The average Bonchev–Trinajstić information content (AvgIpc) is 2.87. The first kappa shape index (κ1) is 26.9. The molecule has 1 fully saturated rings. The predicted molar refractivity (Wildman–Crippen MR) is 145 cm³/mol. The number of rotatable bonds is 5. The number of halogens is 2. The molecular weight excluding hydrogens is 523 g/mol. The molecule has 6 rings (SSSR count). The molecule has 6 heterocycles. The lowest BCUT2D eigenvalue weighted by Crippen LogP contribution is -2.46. The number of ether oxygens (including phenoxy) is 1. The van der Waals surface area contributed by atoms with Crippen LogP contribution in [0.1, 0.15) is 31.0 Å². The van der Waals surface area contributed by atoms with E-state index in [2.05, 4.69) is 26.3 Å². The second-order valence-corrected chi connectivity index (χ2v) is 10.4. The number of nitrogens with one attached hydrogen (secondary N) is 1. The Morgan fingerprint density at radius 1 is 1.03 bits per heavy atom. The summed E-state index contributed by atoms with van der Waals surface area (Å²) < 4.78 is 9.13. The third-order valence-electron chi connectivity index (χ3n) is 7.08. The van der Waals surface area contributed by atoms with Gasteiger partial charge in [0.25, 0.3) is 11.1 Å². The Kier molecular flexibility index (Phi) is 8.62. The van der Waals surface area contributed by atoms with Crippen LogP contribution in [-0.4, -0.2) is 62.0 Å². The standard InChI is InChI=1S/C24H28N6O3S.2ClH/c31-22-2-1-19-24-29(23(32)14-27-19)8-5-18(30(22)24)15-28-6-3-16(4-7-28)25-12-17-11-21-20(13-26-17)33-9-10-34-21;;/h1-2,11,13-14,16,18,25H,3-10,12,15H2;2*1H. The van der Waals surface area contributed by atoms with E-state index in [0.29, 0.717) is 23.8 Å². The first-order chi connectivity index (χ1) is 16.7. The van der Waals surface area contributed by atoms with Gasteiger partial charge in [-0.15, -0.1) is 36.6 Å². The highest BCUT2D eigenvalue weighted by molar-refractivity contribution is 7.99. The zero-order chi connectivity index (χ0) is 23.1. The molecule has 1 atom stereocenters. The maximum Gasteiger partial charge on any atom is 0.270 e. The van der Waals surface area contributed by atoms with Crippen molar-refractivity contribution in [3.8, 4) is 5.75 Å². The summed E-state index contributed by atoms with van der Waals surface area (Å²) in [4.78, 5) is 37.5. The lowest BCUT2D eigenvalue weighted by molar-refractivity contribution is 0.163. The van der Waals surface area contributed by atoms with Gasteiger partial charge in [-0.25, -0.2) is 4.98 Å².